The average Bonchev–Trinajstić information content (AvgIpc) is 2.55. The van der Waals surface area contributed by atoms with Crippen molar-refractivity contribution >= 4 is 23.6 Å². The predicted molar refractivity (Wildman–Crippen MR) is 73.8 cm³/mol. The number of carbonyl (C=O) groups is 2. The molecule has 0 aromatic rings. The van der Waals surface area contributed by atoms with Crippen LogP contribution < -0.4 is 0 Å². The Balaban J connectivity index is 2.41. The third-order valence-electron chi connectivity index (χ3n) is 3.16. The molecule has 2 atom stereocenters. The van der Waals surface area contributed by atoms with E-state index in [0.29, 0.717) is 0 Å². The van der Waals surface area contributed by atoms with Gasteiger partial charge in [-0.2, -0.15) is 0 Å². The Labute approximate surface area is 113 Å². The lowest BCUT2D eigenvalue weighted by molar-refractivity contribution is -0.137. The molecule has 5 heteroatoms. The molecule has 0 radical (unpaired) electrons. The lowest BCUT2D eigenvalue weighted by Gasteiger charge is -2.25. The van der Waals surface area contributed by atoms with Crippen molar-refractivity contribution in [3.05, 3.63) is 0 Å². The SMILES string of the molecule is CC(CC(=O)O)SC(C)C(=O)N1CCCCCC1. The molecule has 0 spiro atoms. The van der Waals surface area contributed by atoms with Gasteiger partial charge in [-0.15, -0.1) is 11.8 Å². The zero-order chi connectivity index (χ0) is 13.5. The van der Waals surface area contributed by atoms with Crippen LogP contribution in [0.1, 0.15) is 46.0 Å². The molecular formula is C13H23NO3S. The Morgan fingerprint density at radius 1 is 1.17 bits per heavy atom. The van der Waals surface area contributed by atoms with E-state index in [-0.39, 0.29) is 22.8 Å². The molecule has 1 heterocycles. The van der Waals surface area contributed by atoms with Crippen molar-refractivity contribution < 1.29 is 14.7 Å². The van der Waals surface area contributed by atoms with E-state index in [1.165, 1.54) is 24.6 Å². The van der Waals surface area contributed by atoms with Crippen molar-refractivity contribution in [2.75, 3.05) is 13.1 Å². The van der Waals surface area contributed by atoms with Crippen molar-refractivity contribution in [1.82, 2.24) is 4.90 Å². The van der Waals surface area contributed by atoms with E-state index in [1.807, 2.05) is 18.7 Å². The fourth-order valence-corrected chi connectivity index (χ4v) is 3.45. The number of rotatable bonds is 5. The third-order valence-corrected chi connectivity index (χ3v) is 4.41. The van der Waals surface area contributed by atoms with Gasteiger partial charge in [0.15, 0.2) is 0 Å². The molecule has 0 bridgehead atoms. The molecule has 104 valence electrons. The maximum absolute atomic E-state index is 12.2. The maximum atomic E-state index is 12.2. The van der Waals surface area contributed by atoms with E-state index in [9.17, 15) is 9.59 Å². The minimum atomic E-state index is -0.801. The minimum absolute atomic E-state index is 0.0200. The second-order valence-corrected chi connectivity index (χ2v) is 6.71. The smallest absolute Gasteiger partial charge is 0.304 e. The molecule has 0 saturated carbocycles. The second-order valence-electron chi connectivity index (χ2n) is 4.93. The van der Waals surface area contributed by atoms with Gasteiger partial charge in [0.2, 0.25) is 5.91 Å². The number of likely N-dealkylation sites (tertiary alicyclic amines) is 1. The van der Waals surface area contributed by atoms with Gasteiger partial charge >= 0.3 is 5.97 Å². The number of carbonyl (C=O) groups excluding carboxylic acids is 1. The standard InChI is InChI=1S/C13H23NO3S/c1-10(9-12(15)16)18-11(2)13(17)14-7-5-3-4-6-8-14/h10-11H,3-9H2,1-2H3,(H,15,16). The molecule has 1 fully saturated rings. The first-order valence-electron chi connectivity index (χ1n) is 6.66. The van der Waals surface area contributed by atoms with Crippen LogP contribution in [0.3, 0.4) is 0 Å². The highest BCUT2D eigenvalue weighted by atomic mass is 32.2. The van der Waals surface area contributed by atoms with Crippen LogP contribution in [0.4, 0.5) is 0 Å². The first-order valence-corrected chi connectivity index (χ1v) is 7.61. The maximum Gasteiger partial charge on any atom is 0.304 e. The number of carboxylic acids is 1. The van der Waals surface area contributed by atoms with E-state index in [0.717, 1.165) is 25.9 Å². The van der Waals surface area contributed by atoms with Gasteiger partial charge in [0.25, 0.3) is 0 Å². The summed E-state index contributed by atoms with van der Waals surface area (Å²) < 4.78 is 0. The van der Waals surface area contributed by atoms with Crippen molar-refractivity contribution in [3.63, 3.8) is 0 Å². The molecule has 1 rings (SSSR count). The number of aliphatic carboxylic acids is 1. The number of hydrogen-bond donors (Lipinski definition) is 1. The highest BCUT2D eigenvalue weighted by molar-refractivity contribution is 8.01. The van der Waals surface area contributed by atoms with Crippen LogP contribution in [-0.2, 0) is 9.59 Å². The molecule has 18 heavy (non-hydrogen) atoms. The number of amides is 1. The van der Waals surface area contributed by atoms with E-state index in [2.05, 4.69) is 0 Å². The van der Waals surface area contributed by atoms with Gasteiger partial charge in [0.05, 0.1) is 11.7 Å². The van der Waals surface area contributed by atoms with Crippen molar-refractivity contribution in [1.29, 1.82) is 0 Å². The highest BCUT2D eigenvalue weighted by Gasteiger charge is 2.24. The third kappa shape index (κ3) is 5.29. The summed E-state index contributed by atoms with van der Waals surface area (Å²) >= 11 is 1.46. The van der Waals surface area contributed by atoms with E-state index < -0.39 is 5.97 Å². The fourth-order valence-electron chi connectivity index (χ4n) is 2.25. The van der Waals surface area contributed by atoms with E-state index in [4.69, 9.17) is 5.11 Å². The summed E-state index contributed by atoms with van der Waals surface area (Å²) in [5, 5.41) is 8.55. The number of carboxylic acid groups (broad SMARTS) is 1. The Morgan fingerprint density at radius 2 is 1.72 bits per heavy atom. The zero-order valence-electron chi connectivity index (χ0n) is 11.2. The van der Waals surface area contributed by atoms with Crippen molar-refractivity contribution in [3.8, 4) is 0 Å². The summed E-state index contributed by atoms with van der Waals surface area (Å²) in [6.07, 6.45) is 4.71. The molecule has 0 aromatic carbocycles. The monoisotopic (exact) mass is 273 g/mol. The first kappa shape index (κ1) is 15.3. The Morgan fingerprint density at radius 3 is 2.22 bits per heavy atom. The van der Waals surface area contributed by atoms with Crippen LogP contribution in [0.2, 0.25) is 0 Å². The summed E-state index contributed by atoms with van der Waals surface area (Å²) in [6.45, 7) is 5.47. The Bertz CT molecular complexity index is 288. The lowest BCUT2D eigenvalue weighted by Crippen LogP contribution is -2.37. The summed E-state index contributed by atoms with van der Waals surface area (Å²) in [6, 6.07) is 0. The van der Waals surface area contributed by atoms with Gasteiger partial charge < -0.3 is 10.0 Å². The molecule has 1 aliphatic rings. The molecule has 2 unspecified atom stereocenters. The van der Waals surface area contributed by atoms with Gasteiger partial charge in [-0.25, -0.2) is 0 Å². The molecule has 0 aliphatic carbocycles. The predicted octanol–water partition coefficient (Wildman–Crippen LogP) is 2.37. The summed E-state index contributed by atoms with van der Waals surface area (Å²) in [7, 11) is 0. The van der Waals surface area contributed by atoms with Gasteiger partial charge in [-0.1, -0.05) is 19.8 Å². The highest BCUT2D eigenvalue weighted by Crippen LogP contribution is 2.23. The molecule has 1 amide bonds. The Kier molecular flexibility index (Phi) is 6.54. The summed E-state index contributed by atoms with van der Waals surface area (Å²) in [4.78, 5) is 24.8. The number of hydrogen-bond acceptors (Lipinski definition) is 3. The quantitative estimate of drug-likeness (QED) is 0.835. The number of thioether (sulfide) groups is 1. The Hall–Kier alpha value is -0.710. The van der Waals surface area contributed by atoms with Crippen LogP contribution in [0.15, 0.2) is 0 Å². The van der Waals surface area contributed by atoms with Crippen molar-refractivity contribution in [2.24, 2.45) is 0 Å². The van der Waals surface area contributed by atoms with Gasteiger partial charge in [-0.3, -0.25) is 9.59 Å². The van der Waals surface area contributed by atoms with Crippen LogP contribution in [0, 0.1) is 0 Å². The average molecular weight is 273 g/mol. The largest absolute Gasteiger partial charge is 0.481 e. The van der Waals surface area contributed by atoms with Gasteiger partial charge in [0.1, 0.15) is 0 Å². The van der Waals surface area contributed by atoms with Gasteiger partial charge in [0, 0.05) is 18.3 Å². The van der Waals surface area contributed by atoms with Crippen LogP contribution in [-0.4, -0.2) is 45.5 Å². The lowest BCUT2D eigenvalue weighted by atomic mass is 10.2. The fraction of sp³-hybridized carbons (Fsp3) is 0.846. The first-order chi connectivity index (χ1) is 8.50. The van der Waals surface area contributed by atoms with Crippen LogP contribution in [0.5, 0.6) is 0 Å². The molecule has 1 saturated heterocycles. The van der Waals surface area contributed by atoms with Crippen LogP contribution >= 0.6 is 11.8 Å². The normalized spacial score (nSPS) is 20.0. The van der Waals surface area contributed by atoms with Crippen molar-refractivity contribution in [2.45, 2.75) is 56.5 Å². The van der Waals surface area contributed by atoms with Gasteiger partial charge in [-0.05, 0) is 19.8 Å². The second kappa shape index (κ2) is 7.67. The topological polar surface area (TPSA) is 57.6 Å². The number of nitrogens with zero attached hydrogens (tertiary/aromatic N) is 1. The molecule has 1 aliphatic heterocycles. The van der Waals surface area contributed by atoms with Crippen LogP contribution in [0.25, 0.3) is 0 Å². The summed E-state index contributed by atoms with van der Waals surface area (Å²) in [5.41, 5.74) is 0. The molecule has 4 nitrogen and oxygen atoms in total. The zero-order valence-corrected chi connectivity index (χ0v) is 12.0. The minimum Gasteiger partial charge on any atom is -0.481 e. The van der Waals surface area contributed by atoms with E-state index >= 15 is 0 Å². The molecule has 0 aromatic heterocycles. The molecule has 1 N–H and O–H groups in total. The van der Waals surface area contributed by atoms with E-state index in [1.54, 1.807) is 0 Å². The molecular weight excluding hydrogens is 250 g/mol. The summed E-state index contributed by atoms with van der Waals surface area (Å²) in [5.74, 6) is -0.636.